The Morgan fingerprint density at radius 1 is 1.09 bits per heavy atom. The lowest BCUT2D eigenvalue weighted by molar-refractivity contribution is 0.313. The molecule has 0 aliphatic carbocycles. The Morgan fingerprint density at radius 2 is 1.77 bits per heavy atom. The van der Waals surface area contributed by atoms with E-state index >= 15 is 0 Å². The average Bonchev–Trinajstić information content (AvgIpc) is 2.85. The number of hydrogen-bond acceptors (Lipinski definition) is 4. The van der Waals surface area contributed by atoms with Crippen molar-refractivity contribution in [2.75, 3.05) is 38.1 Å². The van der Waals surface area contributed by atoms with E-state index in [1.54, 1.807) is 17.4 Å². The molecule has 120 valence electrons. The third kappa shape index (κ3) is 3.39. The summed E-state index contributed by atoms with van der Waals surface area (Å²) in [5.74, 6) is -1.66. The summed E-state index contributed by atoms with van der Waals surface area (Å²) >= 11 is 1.61. The maximum atomic E-state index is 13.4. The van der Waals surface area contributed by atoms with Crippen molar-refractivity contribution < 1.29 is 8.78 Å². The van der Waals surface area contributed by atoms with Gasteiger partial charge in [-0.15, -0.1) is 23.7 Å². The zero-order chi connectivity index (χ0) is 15.0. The van der Waals surface area contributed by atoms with Crippen molar-refractivity contribution in [3.63, 3.8) is 0 Å². The summed E-state index contributed by atoms with van der Waals surface area (Å²) < 4.78 is 26.4. The van der Waals surface area contributed by atoms with Gasteiger partial charge in [-0.05, 0) is 32.2 Å². The molecule has 0 N–H and O–H groups in total. The van der Waals surface area contributed by atoms with Crippen LogP contribution in [0, 0.1) is 18.6 Å². The molecule has 1 fully saturated rings. The second kappa shape index (κ2) is 6.89. The maximum Gasteiger partial charge on any atom is 0.186 e. The van der Waals surface area contributed by atoms with Crippen LogP contribution in [0.3, 0.4) is 0 Å². The lowest BCUT2D eigenvalue weighted by Crippen LogP contribution is -2.44. The van der Waals surface area contributed by atoms with Gasteiger partial charge in [0.15, 0.2) is 16.8 Å². The van der Waals surface area contributed by atoms with Crippen LogP contribution in [0.4, 0.5) is 13.9 Å². The highest BCUT2D eigenvalue weighted by atomic mass is 35.5. The van der Waals surface area contributed by atoms with Crippen molar-refractivity contribution in [1.82, 2.24) is 9.88 Å². The van der Waals surface area contributed by atoms with Gasteiger partial charge in [-0.1, -0.05) is 0 Å². The van der Waals surface area contributed by atoms with E-state index in [0.717, 1.165) is 47.9 Å². The standard InChI is InChI=1S/C15H17F2N3S.ClH/c1-10-14(11-3-4-12(16)13(17)9-11)18-15(21-10)20-7-5-19(2)6-8-20;/h3-4,9H,5-8H2,1-2H3;1H. The fraction of sp³-hybridized carbons (Fsp3) is 0.400. The van der Waals surface area contributed by atoms with Gasteiger partial charge in [0.2, 0.25) is 0 Å². The molecule has 0 radical (unpaired) electrons. The van der Waals surface area contributed by atoms with E-state index in [4.69, 9.17) is 0 Å². The predicted octanol–water partition coefficient (Wildman–Crippen LogP) is 3.57. The summed E-state index contributed by atoms with van der Waals surface area (Å²) in [6, 6.07) is 3.94. The molecule has 1 aromatic heterocycles. The van der Waals surface area contributed by atoms with Crippen LogP contribution in [-0.2, 0) is 0 Å². The molecule has 1 aliphatic heterocycles. The monoisotopic (exact) mass is 345 g/mol. The van der Waals surface area contributed by atoms with E-state index in [0.29, 0.717) is 5.56 Å². The van der Waals surface area contributed by atoms with Crippen molar-refractivity contribution in [3.05, 3.63) is 34.7 Å². The number of thiazole rings is 1. The van der Waals surface area contributed by atoms with Crippen molar-refractivity contribution in [3.8, 4) is 11.3 Å². The second-order valence-corrected chi connectivity index (χ2v) is 6.50. The first-order chi connectivity index (χ1) is 10.0. The molecule has 0 atom stereocenters. The van der Waals surface area contributed by atoms with Crippen LogP contribution in [0.15, 0.2) is 18.2 Å². The van der Waals surface area contributed by atoms with Crippen LogP contribution in [0.2, 0.25) is 0 Å². The van der Waals surface area contributed by atoms with Crippen LogP contribution in [0.5, 0.6) is 0 Å². The fourth-order valence-corrected chi connectivity index (χ4v) is 3.41. The first kappa shape index (κ1) is 17.1. The topological polar surface area (TPSA) is 19.4 Å². The summed E-state index contributed by atoms with van der Waals surface area (Å²) in [6.45, 7) is 5.88. The highest BCUT2D eigenvalue weighted by molar-refractivity contribution is 7.16. The Kier molecular flexibility index (Phi) is 5.36. The number of anilines is 1. The first-order valence-corrected chi connectivity index (χ1v) is 7.72. The van der Waals surface area contributed by atoms with Gasteiger partial charge in [-0.3, -0.25) is 0 Å². The van der Waals surface area contributed by atoms with Crippen molar-refractivity contribution in [1.29, 1.82) is 0 Å². The molecule has 7 heteroatoms. The largest absolute Gasteiger partial charge is 0.346 e. The lowest BCUT2D eigenvalue weighted by atomic mass is 10.1. The van der Waals surface area contributed by atoms with Gasteiger partial charge in [0.1, 0.15) is 0 Å². The number of benzene rings is 1. The molecule has 3 nitrogen and oxygen atoms in total. The summed E-state index contributed by atoms with van der Waals surface area (Å²) in [5.41, 5.74) is 1.37. The summed E-state index contributed by atoms with van der Waals surface area (Å²) in [4.78, 5) is 10.2. The first-order valence-electron chi connectivity index (χ1n) is 6.91. The third-order valence-corrected chi connectivity index (χ3v) is 4.78. The van der Waals surface area contributed by atoms with E-state index in [1.807, 2.05) is 6.92 Å². The van der Waals surface area contributed by atoms with Gasteiger partial charge in [-0.25, -0.2) is 13.8 Å². The smallest absolute Gasteiger partial charge is 0.186 e. The molecular weight excluding hydrogens is 328 g/mol. The van der Waals surface area contributed by atoms with Gasteiger partial charge in [0.05, 0.1) is 5.69 Å². The summed E-state index contributed by atoms with van der Waals surface area (Å²) in [5, 5.41) is 0.959. The summed E-state index contributed by atoms with van der Waals surface area (Å²) in [6.07, 6.45) is 0. The van der Waals surface area contributed by atoms with E-state index in [9.17, 15) is 8.78 Å². The fourth-order valence-electron chi connectivity index (χ4n) is 2.43. The zero-order valence-corrected chi connectivity index (χ0v) is 14.1. The molecule has 0 bridgehead atoms. The molecule has 2 heterocycles. The number of aryl methyl sites for hydroxylation is 1. The van der Waals surface area contributed by atoms with Gasteiger partial charge in [0.25, 0.3) is 0 Å². The lowest BCUT2D eigenvalue weighted by Gasteiger charge is -2.32. The Bertz CT molecular complexity index is 654. The maximum absolute atomic E-state index is 13.4. The van der Waals surface area contributed by atoms with E-state index in [2.05, 4.69) is 21.8 Å². The minimum Gasteiger partial charge on any atom is -0.346 e. The molecule has 2 aromatic rings. The molecule has 0 amide bonds. The summed E-state index contributed by atoms with van der Waals surface area (Å²) in [7, 11) is 2.11. The van der Waals surface area contributed by atoms with Crippen LogP contribution >= 0.6 is 23.7 Å². The molecular formula is C15H18ClF2N3S. The van der Waals surface area contributed by atoms with Crippen molar-refractivity contribution >= 4 is 28.9 Å². The second-order valence-electron chi connectivity index (χ2n) is 5.32. The van der Waals surface area contributed by atoms with Gasteiger partial charge in [-0.2, -0.15) is 0 Å². The van der Waals surface area contributed by atoms with E-state index < -0.39 is 11.6 Å². The van der Waals surface area contributed by atoms with Crippen molar-refractivity contribution in [2.45, 2.75) is 6.92 Å². The number of nitrogens with zero attached hydrogens (tertiary/aromatic N) is 3. The average molecular weight is 346 g/mol. The number of rotatable bonds is 2. The number of halogens is 3. The molecule has 0 unspecified atom stereocenters. The van der Waals surface area contributed by atoms with Crippen molar-refractivity contribution in [2.24, 2.45) is 0 Å². The Hall–Kier alpha value is -1.24. The predicted molar refractivity (Wildman–Crippen MR) is 89.2 cm³/mol. The Balaban J connectivity index is 0.00000176. The number of likely N-dealkylation sites (N-methyl/N-ethyl adjacent to an activating group) is 1. The minimum atomic E-state index is -0.832. The number of aromatic nitrogens is 1. The number of hydrogen-bond donors (Lipinski definition) is 0. The van der Waals surface area contributed by atoms with Crippen LogP contribution in [0.1, 0.15) is 4.88 Å². The Morgan fingerprint density at radius 3 is 2.41 bits per heavy atom. The molecule has 22 heavy (non-hydrogen) atoms. The quantitative estimate of drug-likeness (QED) is 0.829. The molecule has 3 rings (SSSR count). The minimum absolute atomic E-state index is 0. The van der Waals surface area contributed by atoms with E-state index in [-0.39, 0.29) is 12.4 Å². The molecule has 1 aromatic carbocycles. The normalized spacial score (nSPS) is 15.7. The molecule has 0 saturated carbocycles. The van der Waals surface area contributed by atoms with Gasteiger partial charge >= 0.3 is 0 Å². The zero-order valence-electron chi connectivity index (χ0n) is 12.5. The number of piperazine rings is 1. The van der Waals surface area contributed by atoms with Crippen LogP contribution < -0.4 is 4.90 Å². The molecule has 1 aliphatic rings. The van der Waals surface area contributed by atoms with E-state index in [1.165, 1.54) is 6.07 Å². The van der Waals surface area contributed by atoms with Crippen LogP contribution in [-0.4, -0.2) is 43.1 Å². The highest BCUT2D eigenvalue weighted by Gasteiger charge is 2.19. The van der Waals surface area contributed by atoms with Gasteiger partial charge < -0.3 is 9.80 Å². The molecule has 0 spiro atoms. The third-order valence-electron chi connectivity index (χ3n) is 3.75. The van der Waals surface area contributed by atoms with Gasteiger partial charge in [0, 0.05) is 36.6 Å². The SMILES string of the molecule is Cc1sc(N2CCN(C)CC2)nc1-c1ccc(F)c(F)c1.Cl. The molecule has 1 saturated heterocycles. The van der Waals surface area contributed by atoms with Crippen LogP contribution in [0.25, 0.3) is 11.3 Å². The Labute approximate surface area is 139 Å². The highest BCUT2D eigenvalue weighted by Crippen LogP contribution is 2.33.